The average molecular weight is 369 g/mol. The molecule has 0 aliphatic rings. The quantitative estimate of drug-likeness (QED) is 0.522. The van der Waals surface area contributed by atoms with E-state index in [0.29, 0.717) is 18.7 Å². The number of carbonyl (C=O) groups is 1. The highest BCUT2D eigenvalue weighted by atomic mass is 16.2. The molecule has 0 aliphatic heterocycles. The van der Waals surface area contributed by atoms with Crippen molar-refractivity contribution in [3.8, 4) is 5.69 Å². The van der Waals surface area contributed by atoms with E-state index < -0.39 is 0 Å². The van der Waals surface area contributed by atoms with Crippen LogP contribution in [0.3, 0.4) is 0 Å². The summed E-state index contributed by atoms with van der Waals surface area (Å²) in [4.78, 5) is 23.2. The summed E-state index contributed by atoms with van der Waals surface area (Å²) in [6.45, 7) is 0.860. The number of rotatable bonds is 6. The smallest absolute Gasteiger partial charge is 0.256 e. The Labute approximate surface area is 163 Å². The molecule has 0 unspecified atom stereocenters. The minimum absolute atomic E-state index is 0.0854. The van der Waals surface area contributed by atoms with Gasteiger partial charge in [0.1, 0.15) is 0 Å². The van der Waals surface area contributed by atoms with Crippen LogP contribution in [0.15, 0.2) is 91.6 Å². The molecule has 4 rings (SSSR count). The number of nitrogens with zero attached hydrogens (tertiary/aromatic N) is 5. The Bertz CT molecular complexity index is 1030. The van der Waals surface area contributed by atoms with Gasteiger partial charge >= 0.3 is 0 Å². The second kappa shape index (κ2) is 8.26. The van der Waals surface area contributed by atoms with Gasteiger partial charge in [-0.05, 0) is 42.0 Å². The van der Waals surface area contributed by atoms with Gasteiger partial charge in [-0.25, -0.2) is 4.68 Å². The van der Waals surface area contributed by atoms with Gasteiger partial charge in [0.25, 0.3) is 5.91 Å². The fourth-order valence-corrected chi connectivity index (χ4v) is 3.03. The lowest BCUT2D eigenvalue weighted by atomic mass is 10.2. The molecule has 0 bridgehead atoms. The summed E-state index contributed by atoms with van der Waals surface area (Å²) in [6.07, 6.45) is 8.50. The number of para-hydroxylation sites is 1. The first-order valence-corrected chi connectivity index (χ1v) is 8.98. The van der Waals surface area contributed by atoms with E-state index in [4.69, 9.17) is 0 Å². The van der Waals surface area contributed by atoms with Crippen molar-refractivity contribution in [2.24, 2.45) is 0 Å². The summed E-state index contributed by atoms with van der Waals surface area (Å²) in [5, 5.41) is 4.43. The zero-order valence-corrected chi connectivity index (χ0v) is 15.2. The highest BCUT2D eigenvalue weighted by Gasteiger charge is 2.19. The van der Waals surface area contributed by atoms with Gasteiger partial charge < -0.3 is 4.90 Å². The van der Waals surface area contributed by atoms with Crippen LogP contribution < -0.4 is 0 Å². The van der Waals surface area contributed by atoms with Gasteiger partial charge in [0.2, 0.25) is 0 Å². The van der Waals surface area contributed by atoms with Crippen LogP contribution in [0.2, 0.25) is 0 Å². The molecule has 4 aromatic rings. The lowest BCUT2D eigenvalue weighted by Crippen LogP contribution is -2.31. The molecule has 0 radical (unpaired) electrons. The van der Waals surface area contributed by atoms with E-state index in [9.17, 15) is 4.79 Å². The lowest BCUT2D eigenvalue weighted by Gasteiger charge is -2.23. The van der Waals surface area contributed by atoms with Crippen LogP contribution in [-0.2, 0) is 13.1 Å². The maximum atomic E-state index is 13.2. The molecule has 0 saturated carbocycles. The molecule has 138 valence electrons. The van der Waals surface area contributed by atoms with Gasteiger partial charge in [0.15, 0.2) is 0 Å². The monoisotopic (exact) mass is 369 g/mol. The minimum Gasteiger partial charge on any atom is -0.328 e. The third kappa shape index (κ3) is 3.96. The highest BCUT2D eigenvalue weighted by Crippen LogP contribution is 2.16. The summed E-state index contributed by atoms with van der Waals surface area (Å²) < 4.78 is 1.85. The van der Waals surface area contributed by atoms with E-state index in [1.54, 1.807) is 48.0 Å². The maximum Gasteiger partial charge on any atom is 0.256 e. The van der Waals surface area contributed by atoms with Gasteiger partial charge in [-0.1, -0.05) is 24.3 Å². The third-order valence-electron chi connectivity index (χ3n) is 4.37. The van der Waals surface area contributed by atoms with Crippen molar-refractivity contribution < 1.29 is 4.79 Å². The number of hydrogen-bond donors (Lipinski definition) is 0. The predicted octanol–water partition coefficient (Wildman–Crippen LogP) is 3.50. The van der Waals surface area contributed by atoms with E-state index in [1.165, 1.54) is 0 Å². The number of carbonyl (C=O) groups excluding carboxylic acids is 1. The van der Waals surface area contributed by atoms with E-state index in [-0.39, 0.29) is 5.91 Å². The van der Waals surface area contributed by atoms with Gasteiger partial charge in [-0.3, -0.25) is 14.8 Å². The summed E-state index contributed by atoms with van der Waals surface area (Å²) in [5.41, 5.74) is 3.40. The number of amides is 1. The summed E-state index contributed by atoms with van der Waals surface area (Å²) in [6, 6.07) is 19.2. The molecule has 1 aromatic carbocycles. The zero-order chi connectivity index (χ0) is 19.2. The summed E-state index contributed by atoms with van der Waals surface area (Å²) >= 11 is 0. The maximum absolute atomic E-state index is 13.2. The largest absolute Gasteiger partial charge is 0.328 e. The van der Waals surface area contributed by atoms with Crippen molar-refractivity contribution in [1.82, 2.24) is 24.6 Å². The topological polar surface area (TPSA) is 63.9 Å². The molecular weight excluding hydrogens is 350 g/mol. The Hall–Kier alpha value is -3.80. The standard InChI is InChI=1S/C22H19N5O/c28-22(19-7-5-12-24-15-19)26(16-18-6-4-11-23-14-18)17-21-10-13-25-27(21)20-8-2-1-3-9-20/h1-15H,16-17H2. The summed E-state index contributed by atoms with van der Waals surface area (Å²) in [7, 11) is 0. The SMILES string of the molecule is O=C(c1cccnc1)N(Cc1cccnc1)Cc1ccnn1-c1ccccc1. The van der Waals surface area contributed by atoms with Crippen LogP contribution in [0.4, 0.5) is 0 Å². The Morgan fingerprint density at radius 2 is 1.61 bits per heavy atom. The molecule has 1 amide bonds. The first-order chi connectivity index (χ1) is 13.8. The number of aromatic nitrogens is 4. The van der Waals surface area contributed by atoms with Crippen LogP contribution in [0.5, 0.6) is 0 Å². The van der Waals surface area contributed by atoms with Crippen molar-refractivity contribution in [1.29, 1.82) is 0 Å². The van der Waals surface area contributed by atoms with Crippen molar-refractivity contribution in [2.45, 2.75) is 13.1 Å². The van der Waals surface area contributed by atoms with Gasteiger partial charge in [0, 0.05) is 37.5 Å². The number of pyridine rings is 2. The molecule has 0 spiro atoms. The minimum atomic E-state index is -0.0854. The third-order valence-corrected chi connectivity index (χ3v) is 4.37. The molecule has 0 aliphatic carbocycles. The molecule has 0 atom stereocenters. The number of hydrogen-bond acceptors (Lipinski definition) is 4. The first kappa shape index (κ1) is 17.6. The first-order valence-electron chi connectivity index (χ1n) is 8.98. The van der Waals surface area contributed by atoms with Gasteiger partial charge in [-0.15, -0.1) is 0 Å². The summed E-state index contributed by atoms with van der Waals surface area (Å²) in [5.74, 6) is -0.0854. The highest BCUT2D eigenvalue weighted by molar-refractivity contribution is 5.93. The molecule has 3 heterocycles. The Balaban J connectivity index is 1.65. The van der Waals surface area contributed by atoms with E-state index >= 15 is 0 Å². The average Bonchev–Trinajstić information content (AvgIpc) is 3.23. The molecule has 6 heteroatoms. The van der Waals surface area contributed by atoms with Crippen molar-refractivity contribution >= 4 is 5.91 Å². The van der Waals surface area contributed by atoms with Gasteiger partial charge in [-0.2, -0.15) is 5.10 Å². The van der Waals surface area contributed by atoms with Crippen molar-refractivity contribution in [3.63, 3.8) is 0 Å². The predicted molar refractivity (Wildman–Crippen MR) is 106 cm³/mol. The second-order valence-electron chi connectivity index (χ2n) is 6.33. The molecule has 0 fully saturated rings. The zero-order valence-electron chi connectivity index (χ0n) is 15.2. The van der Waals surface area contributed by atoms with Crippen LogP contribution in [0.25, 0.3) is 5.69 Å². The van der Waals surface area contributed by atoms with Crippen molar-refractivity contribution in [3.05, 3.63) is 108 Å². The fourth-order valence-electron chi connectivity index (χ4n) is 3.03. The molecule has 0 saturated heterocycles. The van der Waals surface area contributed by atoms with Crippen LogP contribution in [0, 0.1) is 0 Å². The lowest BCUT2D eigenvalue weighted by molar-refractivity contribution is 0.0726. The molecule has 6 nitrogen and oxygen atoms in total. The molecule has 0 N–H and O–H groups in total. The fraction of sp³-hybridized carbons (Fsp3) is 0.0909. The van der Waals surface area contributed by atoms with E-state index in [2.05, 4.69) is 15.1 Å². The van der Waals surface area contributed by atoms with E-state index in [1.807, 2.05) is 53.2 Å². The molecular formula is C22H19N5O. The van der Waals surface area contributed by atoms with Crippen LogP contribution in [-0.4, -0.2) is 30.6 Å². The normalized spacial score (nSPS) is 10.6. The second-order valence-corrected chi connectivity index (χ2v) is 6.33. The molecule has 3 aromatic heterocycles. The molecule has 28 heavy (non-hydrogen) atoms. The van der Waals surface area contributed by atoms with Crippen LogP contribution >= 0.6 is 0 Å². The van der Waals surface area contributed by atoms with Gasteiger partial charge in [0.05, 0.1) is 23.5 Å². The van der Waals surface area contributed by atoms with Crippen LogP contribution in [0.1, 0.15) is 21.6 Å². The Kier molecular flexibility index (Phi) is 5.20. The Morgan fingerprint density at radius 1 is 0.821 bits per heavy atom. The van der Waals surface area contributed by atoms with E-state index in [0.717, 1.165) is 16.9 Å². The Morgan fingerprint density at radius 3 is 2.32 bits per heavy atom. The van der Waals surface area contributed by atoms with Crippen molar-refractivity contribution in [2.75, 3.05) is 0 Å². The number of benzene rings is 1.